The lowest BCUT2D eigenvalue weighted by molar-refractivity contribution is 0.626. The van der Waals surface area contributed by atoms with Gasteiger partial charge in [0.05, 0.1) is 0 Å². The monoisotopic (exact) mass is 207 g/mol. The molecule has 1 aliphatic rings. The molecule has 0 aromatic heterocycles. The van der Waals surface area contributed by atoms with E-state index in [0.29, 0.717) is 0 Å². The fourth-order valence-corrected chi connectivity index (χ4v) is 2.86. The number of hydrogen-bond acceptors (Lipinski definition) is 2. The fourth-order valence-electron chi connectivity index (χ4n) is 1.86. The summed E-state index contributed by atoms with van der Waals surface area (Å²) in [5, 5.41) is 3.56. The van der Waals surface area contributed by atoms with Gasteiger partial charge < -0.3 is 5.32 Å². The van der Waals surface area contributed by atoms with Gasteiger partial charge in [0.25, 0.3) is 0 Å². The SMILES string of the molecule is C[C@H]1CN[C@H](CSc2ccccc2)C1. The molecule has 1 N–H and O–H groups in total. The van der Waals surface area contributed by atoms with Crippen molar-refractivity contribution in [3.8, 4) is 0 Å². The van der Waals surface area contributed by atoms with Crippen LogP contribution in [-0.2, 0) is 0 Å². The van der Waals surface area contributed by atoms with Crippen molar-refractivity contribution in [3.05, 3.63) is 30.3 Å². The summed E-state index contributed by atoms with van der Waals surface area (Å²) >= 11 is 1.96. The zero-order chi connectivity index (χ0) is 9.80. The Morgan fingerprint density at radius 1 is 1.36 bits per heavy atom. The van der Waals surface area contributed by atoms with Gasteiger partial charge in [-0.2, -0.15) is 0 Å². The van der Waals surface area contributed by atoms with Gasteiger partial charge in [-0.25, -0.2) is 0 Å². The van der Waals surface area contributed by atoms with E-state index >= 15 is 0 Å². The molecule has 1 heterocycles. The molecule has 0 spiro atoms. The summed E-state index contributed by atoms with van der Waals surface area (Å²) in [5.41, 5.74) is 0. The number of nitrogens with one attached hydrogen (secondary N) is 1. The fraction of sp³-hybridized carbons (Fsp3) is 0.500. The largest absolute Gasteiger partial charge is 0.313 e. The van der Waals surface area contributed by atoms with Crippen molar-refractivity contribution >= 4 is 11.8 Å². The summed E-state index contributed by atoms with van der Waals surface area (Å²) in [4.78, 5) is 1.38. The summed E-state index contributed by atoms with van der Waals surface area (Å²) in [5.74, 6) is 2.06. The van der Waals surface area contributed by atoms with E-state index in [9.17, 15) is 0 Å². The Morgan fingerprint density at radius 2 is 2.14 bits per heavy atom. The molecule has 0 bridgehead atoms. The molecule has 1 fully saturated rings. The van der Waals surface area contributed by atoms with Gasteiger partial charge in [-0.05, 0) is 31.0 Å². The minimum absolute atomic E-state index is 0.718. The Morgan fingerprint density at radius 3 is 2.79 bits per heavy atom. The Bertz CT molecular complexity index is 273. The lowest BCUT2D eigenvalue weighted by Crippen LogP contribution is -2.23. The molecular formula is C12H17NS. The van der Waals surface area contributed by atoms with Crippen molar-refractivity contribution in [1.82, 2.24) is 5.32 Å². The van der Waals surface area contributed by atoms with Crippen LogP contribution in [0.1, 0.15) is 13.3 Å². The molecule has 2 heteroatoms. The topological polar surface area (TPSA) is 12.0 Å². The maximum atomic E-state index is 3.56. The first-order valence-corrected chi connectivity index (χ1v) is 6.24. The van der Waals surface area contributed by atoms with Gasteiger partial charge in [-0.3, -0.25) is 0 Å². The zero-order valence-electron chi connectivity index (χ0n) is 8.57. The highest BCUT2D eigenvalue weighted by atomic mass is 32.2. The summed E-state index contributed by atoms with van der Waals surface area (Å²) in [6.07, 6.45) is 1.33. The molecule has 2 rings (SSSR count). The number of rotatable bonds is 3. The summed E-state index contributed by atoms with van der Waals surface area (Å²) in [6, 6.07) is 11.4. The number of hydrogen-bond donors (Lipinski definition) is 1. The second-order valence-electron chi connectivity index (χ2n) is 4.07. The molecule has 0 saturated carbocycles. The molecule has 0 amide bonds. The molecule has 1 aromatic carbocycles. The molecule has 1 aliphatic heterocycles. The van der Waals surface area contributed by atoms with Crippen molar-refractivity contribution in [2.24, 2.45) is 5.92 Å². The van der Waals surface area contributed by atoms with Crippen LogP contribution in [0.2, 0.25) is 0 Å². The third-order valence-electron chi connectivity index (χ3n) is 2.64. The molecule has 0 radical (unpaired) electrons. The van der Waals surface area contributed by atoms with E-state index in [-0.39, 0.29) is 0 Å². The van der Waals surface area contributed by atoms with E-state index in [1.165, 1.54) is 23.6 Å². The maximum Gasteiger partial charge on any atom is 0.0164 e. The second kappa shape index (κ2) is 4.85. The summed E-state index contributed by atoms with van der Waals surface area (Å²) in [7, 11) is 0. The Balaban J connectivity index is 1.78. The van der Waals surface area contributed by atoms with Crippen LogP contribution >= 0.6 is 11.8 Å². The van der Waals surface area contributed by atoms with Crippen LogP contribution in [0, 0.1) is 5.92 Å². The molecule has 2 atom stereocenters. The van der Waals surface area contributed by atoms with Crippen LogP contribution in [0.3, 0.4) is 0 Å². The number of benzene rings is 1. The van der Waals surface area contributed by atoms with Crippen LogP contribution in [0.15, 0.2) is 35.2 Å². The highest BCUT2D eigenvalue weighted by molar-refractivity contribution is 7.99. The first-order chi connectivity index (χ1) is 6.84. The van der Waals surface area contributed by atoms with Crippen molar-refractivity contribution in [3.63, 3.8) is 0 Å². The Kier molecular flexibility index (Phi) is 3.49. The van der Waals surface area contributed by atoms with Gasteiger partial charge in [-0.1, -0.05) is 25.1 Å². The molecule has 1 nitrogen and oxygen atoms in total. The van der Waals surface area contributed by atoms with Crippen LogP contribution in [0.25, 0.3) is 0 Å². The molecule has 76 valence electrons. The van der Waals surface area contributed by atoms with Crippen LogP contribution in [-0.4, -0.2) is 18.3 Å². The molecule has 1 aromatic rings. The minimum Gasteiger partial charge on any atom is -0.313 e. The van der Waals surface area contributed by atoms with Gasteiger partial charge in [0.15, 0.2) is 0 Å². The van der Waals surface area contributed by atoms with Gasteiger partial charge in [0.2, 0.25) is 0 Å². The predicted octanol–water partition coefficient (Wildman–Crippen LogP) is 2.78. The van der Waals surface area contributed by atoms with Crippen LogP contribution < -0.4 is 5.32 Å². The molecule has 14 heavy (non-hydrogen) atoms. The third-order valence-corrected chi connectivity index (χ3v) is 3.81. The molecule has 0 aliphatic carbocycles. The molecule has 0 unspecified atom stereocenters. The van der Waals surface area contributed by atoms with E-state index < -0.39 is 0 Å². The minimum atomic E-state index is 0.718. The van der Waals surface area contributed by atoms with E-state index in [1.807, 2.05) is 11.8 Å². The van der Waals surface area contributed by atoms with E-state index in [4.69, 9.17) is 0 Å². The van der Waals surface area contributed by atoms with Gasteiger partial charge >= 0.3 is 0 Å². The maximum absolute atomic E-state index is 3.56. The molecule has 1 saturated heterocycles. The summed E-state index contributed by atoms with van der Waals surface area (Å²) < 4.78 is 0. The lowest BCUT2D eigenvalue weighted by Gasteiger charge is -2.09. The average Bonchev–Trinajstić information content (AvgIpc) is 2.63. The standard InChI is InChI=1S/C12H17NS/c1-10-7-11(13-8-10)9-14-12-5-3-2-4-6-12/h2-6,10-11,13H,7-9H2,1H3/t10-,11+/m1/s1. The smallest absolute Gasteiger partial charge is 0.0164 e. The lowest BCUT2D eigenvalue weighted by atomic mass is 10.1. The highest BCUT2D eigenvalue weighted by Crippen LogP contribution is 2.22. The number of thioether (sulfide) groups is 1. The first-order valence-electron chi connectivity index (χ1n) is 5.26. The quantitative estimate of drug-likeness (QED) is 0.765. The Labute approximate surface area is 90.3 Å². The zero-order valence-corrected chi connectivity index (χ0v) is 9.39. The normalized spacial score (nSPS) is 26.6. The Hall–Kier alpha value is -0.470. The van der Waals surface area contributed by atoms with Crippen molar-refractivity contribution in [1.29, 1.82) is 0 Å². The van der Waals surface area contributed by atoms with Crippen LogP contribution in [0.4, 0.5) is 0 Å². The van der Waals surface area contributed by atoms with Crippen LogP contribution in [0.5, 0.6) is 0 Å². The van der Waals surface area contributed by atoms with Crippen molar-refractivity contribution in [2.75, 3.05) is 12.3 Å². The van der Waals surface area contributed by atoms with Crippen molar-refractivity contribution in [2.45, 2.75) is 24.3 Å². The second-order valence-corrected chi connectivity index (χ2v) is 5.16. The molecular weight excluding hydrogens is 190 g/mol. The first kappa shape index (κ1) is 10.1. The summed E-state index contributed by atoms with van der Waals surface area (Å²) in [6.45, 7) is 3.51. The van der Waals surface area contributed by atoms with Gasteiger partial charge in [-0.15, -0.1) is 11.8 Å². The van der Waals surface area contributed by atoms with Gasteiger partial charge in [0, 0.05) is 16.7 Å². The third kappa shape index (κ3) is 2.76. The van der Waals surface area contributed by atoms with E-state index in [2.05, 4.69) is 42.6 Å². The highest BCUT2D eigenvalue weighted by Gasteiger charge is 2.19. The predicted molar refractivity (Wildman–Crippen MR) is 62.7 cm³/mol. The van der Waals surface area contributed by atoms with Gasteiger partial charge in [0.1, 0.15) is 0 Å². The van der Waals surface area contributed by atoms with E-state index in [1.54, 1.807) is 0 Å². The average molecular weight is 207 g/mol. The van der Waals surface area contributed by atoms with E-state index in [0.717, 1.165) is 12.0 Å². The van der Waals surface area contributed by atoms with Crippen molar-refractivity contribution < 1.29 is 0 Å².